The Morgan fingerprint density at radius 3 is 2.54 bits per heavy atom. The third-order valence-electron chi connectivity index (χ3n) is 3.66. The number of likely N-dealkylation sites (tertiary alicyclic amines) is 1. The zero-order valence-corrected chi connectivity index (χ0v) is 14.1. The van der Waals surface area contributed by atoms with Crippen molar-refractivity contribution in [2.24, 2.45) is 0 Å². The van der Waals surface area contributed by atoms with E-state index < -0.39 is 29.1 Å². The van der Waals surface area contributed by atoms with Crippen LogP contribution in [0.2, 0.25) is 0 Å². The van der Waals surface area contributed by atoms with Crippen molar-refractivity contribution in [3.8, 4) is 0 Å². The average molecular weight is 345 g/mol. The van der Waals surface area contributed by atoms with E-state index >= 15 is 0 Å². The molecule has 1 atom stereocenters. The first-order chi connectivity index (χ1) is 11.2. The summed E-state index contributed by atoms with van der Waals surface area (Å²) in [7, 11) is 0. The van der Waals surface area contributed by atoms with Crippen molar-refractivity contribution >= 4 is 6.09 Å². The first-order valence-corrected chi connectivity index (χ1v) is 7.88. The van der Waals surface area contributed by atoms with Gasteiger partial charge in [-0.3, -0.25) is 0 Å². The maximum atomic E-state index is 13.6. The fourth-order valence-corrected chi connectivity index (χ4v) is 2.55. The fourth-order valence-electron chi connectivity index (χ4n) is 2.55. The molecule has 1 aromatic rings. The number of nitrogens with zero attached hydrogens (tertiary/aromatic N) is 1. The van der Waals surface area contributed by atoms with Crippen LogP contribution in [-0.2, 0) is 16.1 Å². The summed E-state index contributed by atoms with van der Waals surface area (Å²) in [5, 5.41) is 0. The predicted octanol–water partition coefficient (Wildman–Crippen LogP) is 4.02. The number of halogens is 3. The Hall–Kier alpha value is -1.76. The van der Waals surface area contributed by atoms with Gasteiger partial charge in [-0.05, 0) is 39.7 Å². The fraction of sp³-hybridized carbons (Fsp3) is 0.588. The highest BCUT2D eigenvalue weighted by Gasteiger charge is 2.32. The quantitative estimate of drug-likeness (QED) is 0.774. The SMILES string of the molecule is CC(C)(C)OC(=O)N1CCCC1COCc1cc(F)c(F)cc1F. The van der Waals surface area contributed by atoms with Crippen LogP contribution in [0.3, 0.4) is 0 Å². The molecule has 1 fully saturated rings. The maximum absolute atomic E-state index is 13.6. The van der Waals surface area contributed by atoms with Crippen molar-refractivity contribution in [3.05, 3.63) is 35.1 Å². The van der Waals surface area contributed by atoms with Gasteiger partial charge in [0.2, 0.25) is 0 Å². The van der Waals surface area contributed by atoms with Gasteiger partial charge in [-0.25, -0.2) is 18.0 Å². The third kappa shape index (κ3) is 4.87. The van der Waals surface area contributed by atoms with Crippen molar-refractivity contribution < 1.29 is 27.4 Å². The lowest BCUT2D eigenvalue weighted by molar-refractivity contribution is 0.00856. The number of carbonyl (C=O) groups excluding carboxylic acids is 1. The molecule has 0 spiro atoms. The summed E-state index contributed by atoms with van der Waals surface area (Å²) < 4.78 is 50.3. The molecule has 4 nitrogen and oxygen atoms in total. The molecule has 1 unspecified atom stereocenters. The molecular formula is C17H22F3NO3. The Kier molecular flexibility index (Phi) is 5.74. The van der Waals surface area contributed by atoms with E-state index in [1.165, 1.54) is 0 Å². The molecule has 7 heteroatoms. The second kappa shape index (κ2) is 7.42. The molecule has 1 aliphatic heterocycles. The van der Waals surface area contributed by atoms with E-state index in [0.717, 1.165) is 18.9 Å². The van der Waals surface area contributed by atoms with Gasteiger partial charge in [0.1, 0.15) is 11.4 Å². The first kappa shape index (κ1) is 18.6. The summed E-state index contributed by atoms with van der Waals surface area (Å²) in [6.45, 7) is 5.93. The van der Waals surface area contributed by atoms with Crippen LogP contribution in [0.15, 0.2) is 12.1 Å². The number of hydrogen-bond acceptors (Lipinski definition) is 3. The summed E-state index contributed by atoms with van der Waals surface area (Å²) in [6, 6.07) is 1.11. The van der Waals surface area contributed by atoms with Crippen molar-refractivity contribution in [1.82, 2.24) is 4.90 Å². The normalized spacial score (nSPS) is 18.1. The van der Waals surface area contributed by atoms with Gasteiger partial charge in [-0.1, -0.05) is 0 Å². The number of rotatable bonds is 4. The van der Waals surface area contributed by atoms with E-state index in [1.54, 1.807) is 25.7 Å². The second-order valence-electron chi connectivity index (χ2n) is 6.84. The summed E-state index contributed by atoms with van der Waals surface area (Å²) >= 11 is 0. The largest absolute Gasteiger partial charge is 0.444 e. The molecule has 0 aromatic heterocycles. The highest BCUT2D eigenvalue weighted by Crippen LogP contribution is 2.22. The van der Waals surface area contributed by atoms with Crippen molar-refractivity contribution in [1.29, 1.82) is 0 Å². The molecule has 0 saturated carbocycles. The van der Waals surface area contributed by atoms with Gasteiger partial charge in [0, 0.05) is 18.2 Å². The molecule has 1 aliphatic rings. The Balaban J connectivity index is 1.89. The molecule has 0 bridgehead atoms. The number of ether oxygens (including phenoxy) is 2. The minimum Gasteiger partial charge on any atom is -0.444 e. The molecule has 134 valence electrons. The molecule has 0 N–H and O–H groups in total. The van der Waals surface area contributed by atoms with E-state index in [-0.39, 0.29) is 24.8 Å². The standard InChI is InChI=1S/C17H22F3NO3/c1-17(2,3)24-16(22)21-6-4-5-12(21)10-23-9-11-7-14(19)15(20)8-13(11)18/h7-8,12H,4-6,9-10H2,1-3H3. The van der Waals surface area contributed by atoms with Crippen LogP contribution in [0.4, 0.5) is 18.0 Å². The van der Waals surface area contributed by atoms with Crippen LogP contribution >= 0.6 is 0 Å². The number of carbonyl (C=O) groups is 1. The zero-order chi connectivity index (χ0) is 17.9. The van der Waals surface area contributed by atoms with Gasteiger partial charge in [-0.15, -0.1) is 0 Å². The summed E-state index contributed by atoms with van der Waals surface area (Å²) in [5.41, 5.74) is -0.643. The molecule has 0 radical (unpaired) electrons. The molecule has 1 heterocycles. The Morgan fingerprint density at radius 2 is 1.88 bits per heavy atom. The minimum atomic E-state index is -1.23. The van der Waals surface area contributed by atoms with Crippen LogP contribution in [0, 0.1) is 17.5 Å². The Bertz CT molecular complexity index is 601. The van der Waals surface area contributed by atoms with Gasteiger partial charge in [0.25, 0.3) is 0 Å². The van der Waals surface area contributed by atoms with E-state index in [0.29, 0.717) is 12.6 Å². The van der Waals surface area contributed by atoms with Crippen molar-refractivity contribution in [2.45, 2.75) is 51.9 Å². The van der Waals surface area contributed by atoms with Crippen LogP contribution in [0.1, 0.15) is 39.2 Å². The minimum absolute atomic E-state index is 0.0595. The lowest BCUT2D eigenvalue weighted by Gasteiger charge is -2.28. The Morgan fingerprint density at radius 1 is 1.21 bits per heavy atom. The molecule has 1 aromatic carbocycles. The number of benzene rings is 1. The first-order valence-electron chi connectivity index (χ1n) is 7.88. The van der Waals surface area contributed by atoms with Crippen molar-refractivity contribution in [2.75, 3.05) is 13.2 Å². The van der Waals surface area contributed by atoms with Crippen LogP contribution in [0.25, 0.3) is 0 Å². The lowest BCUT2D eigenvalue weighted by atomic mass is 10.2. The van der Waals surface area contributed by atoms with E-state index in [9.17, 15) is 18.0 Å². The molecule has 1 saturated heterocycles. The number of hydrogen-bond donors (Lipinski definition) is 0. The van der Waals surface area contributed by atoms with Gasteiger partial charge in [0.15, 0.2) is 11.6 Å². The molecule has 0 aliphatic carbocycles. The van der Waals surface area contributed by atoms with Crippen LogP contribution in [0.5, 0.6) is 0 Å². The molecular weight excluding hydrogens is 323 g/mol. The topological polar surface area (TPSA) is 38.8 Å². The van der Waals surface area contributed by atoms with E-state index in [1.807, 2.05) is 0 Å². The van der Waals surface area contributed by atoms with Crippen LogP contribution in [-0.4, -0.2) is 35.8 Å². The zero-order valence-electron chi connectivity index (χ0n) is 14.1. The van der Waals surface area contributed by atoms with Crippen molar-refractivity contribution in [3.63, 3.8) is 0 Å². The molecule has 1 amide bonds. The lowest BCUT2D eigenvalue weighted by Crippen LogP contribution is -2.41. The number of amides is 1. The van der Waals surface area contributed by atoms with Crippen LogP contribution < -0.4 is 0 Å². The van der Waals surface area contributed by atoms with E-state index in [4.69, 9.17) is 9.47 Å². The summed E-state index contributed by atoms with van der Waals surface area (Å²) in [4.78, 5) is 13.7. The maximum Gasteiger partial charge on any atom is 0.410 e. The van der Waals surface area contributed by atoms with Gasteiger partial charge < -0.3 is 14.4 Å². The smallest absolute Gasteiger partial charge is 0.410 e. The highest BCUT2D eigenvalue weighted by atomic mass is 19.2. The van der Waals surface area contributed by atoms with Gasteiger partial charge in [0.05, 0.1) is 19.3 Å². The highest BCUT2D eigenvalue weighted by molar-refractivity contribution is 5.68. The van der Waals surface area contributed by atoms with Gasteiger partial charge in [-0.2, -0.15) is 0 Å². The summed E-state index contributed by atoms with van der Waals surface area (Å²) in [6.07, 6.45) is 1.17. The molecule has 2 rings (SSSR count). The average Bonchev–Trinajstić information content (AvgIpc) is 2.91. The monoisotopic (exact) mass is 345 g/mol. The molecule has 24 heavy (non-hydrogen) atoms. The van der Waals surface area contributed by atoms with E-state index in [2.05, 4.69) is 0 Å². The summed E-state index contributed by atoms with van der Waals surface area (Å²) in [5.74, 6) is -3.21. The predicted molar refractivity (Wildman–Crippen MR) is 81.9 cm³/mol. The second-order valence-corrected chi connectivity index (χ2v) is 6.84. The third-order valence-corrected chi connectivity index (χ3v) is 3.66. The Labute approximate surface area is 139 Å². The van der Waals surface area contributed by atoms with Gasteiger partial charge >= 0.3 is 6.09 Å².